The van der Waals surface area contributed by atoms with Crippen molar-refractivity contribution in [2.45, 2.75) is 40.2 Å². The van der Waals surface area contributed by atoms with Gasteiger partial charge in [-0.15, -0.1) is 0 Å². The number of ether oxygens (including phenoxy) is 1. The zero-order valence-corrected chi connectivity index (χ0v) is 16.2. The number of anilines is 1. The van der Waals surface area contributed by atoms with Crippen molar-refractivity contribution in [3.8, 4) is 0 Å². The van der Waals surface area contributed by atoms with E-state index in [4.69, 9.17) is 4.74 Å². The molecule has 0 aliphatic heterocycles. The Morgan fingerprint density at radius 2 is 1.80 bits per heavy atom. The average Bonchev–Trinajstić information content (AvgIpc) is 2.76. The van der Waals surface area contributed by atoms with Crippen LogP contribution < -0.4 is 10.1 Å². The Morgan fingerprint density at radius 1 is 1.20 bits per heavy atom. The molecule has 2 aromatic rings. The van der Waals surface area contributed by atoms with Gasteiger partial charge in [0.2, 0.25) is 0 Å². The van der Waals surface area contributed by atoms with Gasteiger partial charge in [-0.3, -0.25) is 10.1 Å². The first-order chi connectivity index (χ1) is 11.6. The molecule has 1 amide bonds. The second-order valence-corrected chi connectivity index (χ2v) is 7.68. The SMILES string of the molecule is CC(=O)c1sc(=Nc2ccc(NC(=O)OC(C)(C)C)cc2)n(C)c1C. The zero-order valence-electron chi connectivity index (χ0n) is 15.3. The van der Waals surface area contributed by atoms with Crippen molar-refractivity contribution in [3.05, 3.63) is 39.6 Å². The summed E-state index contributed by atoms with van der Waals surface area (Å²) in [5.41, 5.74) is 1.73. The Hall–Kier alpha value is -2.41. The van der Waals surface area contributed by atoms with Gasteiger partial charge in [-0.05, 0) is 52.0 Å². The molecule has 7 heteroatoms. The van der Waals surface area contributed by atoms with Crippen LogP contribution in [-0.4, -0.2) is 22.0 Å². The van der Waals surface area contributed by atoms with E-state index in [0.717, 1.165) is 16.2 Å². The van der Waals surface area contributed by atoms with Gasteiger partial charge in [0.05, 0.1) is 10.6 Å². The largest absolute Gasteiger partial charge is 0.444 e. The number of nitrogens with zero attached hydrogens (tertiary/aromatic N) is 2. The van der Waals surface area contributed by atoms with Crippen LogP contribution in [0.25, 0.3) is 0 Å². The van der Waals surface area contributed by atoms with E-state index in [9.17, 15) is 9.59 Å². The van der Waals surface area contributed by atoms with Gasteiger partial charge in [0.15, 0.2) is 10.6 Å². The quantitative estimate of drug-likeness (QED) is 0.834. The van der Waals surface area contributed by atoms with Crippen molar-refractivity contribution in [1.29, 1.82) is 0 Å². The van der Waals surface area contributed by atoms with Crippen molar-refractivity contribution >= 4 is 34.6 Å². The first kappa shape index (κ1) is 18.9. The number of amides is 1. The first-order valence-corrected chi connectivity index (χ1v) is 8.70. The minimum absolute atomic E-state index is 0.0384. The van der Waals surface area contributed by atoms with Gasteiger partial charge in [-0.2, -0.15) is 0 Å². The molecular formula is C18H23N3O3S. The summed E-state index contributed by atoms with van der Waals surface area (Å²) in [6.45, 7) is 8.90. The van der Waals surface area contributed by atoms with Gasteiger partial charge >= 0.3 is 6.09 Å². The van der Waals surface area contributed by atoms with Crippen LogP contribution in [0.4, 0.5) is 16.2 Å². The van der Waals surface area contributed by atoms with Crippen LogP contribution in [0.2, 0.25) is 0 Å². The predicted octanol–water partition coefficient (Wildman–Crippen LogP) is 4.18. The van der Waals surface area contributed by atoms with Crippen molar-refractivity contribution in [1.82, 2.24) is 4.57 Å². The van der Waals surface area contributed by atoms with Crippen LogP contribution in [0.1, 0.15) is 43.1 Å². The van der Waals surface area contributed by atoms with E-state index >= 15 is 0 Å². The van der Waals surface area contributed by atoms with E-state index < -0.39 is 11.7 Å². The molecule has 6 nitrogen and oxygen atoms in total. The molecule has 0 aliphatic rings. The predicted molar refractivity (Wildman–Crippen MR) is 99.6 cm³/mol. The monoisotopic (exact) mass is 361 g/mol. The minimum Gasteiger partial charge on any atom is -0.444 e. The number of hydrogen-bond acceptors (Lipinski definition) is 5. The highest BCUT2D eigenvalue weighted by Crippen LogP contribution is 2.18. The number of ketones is 1. The molecular weight excluding hydrogens is 338 g/mol. The maximum atomic E-state index is 11.8. The fourth-order valence-electron chi connectivity index (χ4n) is 2.11. The van der Waals surface area contributed by atoms with Crippen LogP contribution >= 0.6 is 11.3 Å². The highest BCUT2D eigenvalue weighted by Gasteiger charge is 2.16. The maximum Gasteiger partial charge on any atom is 0.412 e. The molecule has 0 spiro atoms. The Labute approximate surface area is 151 Å². The third kappa shape index (κ3) is 5.03. The summed E-state index contributed by atoms with van der Waals surface area (Å²) >= 11 is 1.37. The number of rotatable bonds is 3. The third-order valence-electron chi connectivity index (χ3n) is 3.37. The molecule has 0 bridgehead atoms. The molecule has 134 valence electrons. The van der Waals surface area contributed by atoms with E-state index in [0.29, 0.717) is 10.6 Å². The van der Waals surface area contributed by atoms with Gasteiger partial charge in [0, 0.05) is 25.4 Å². The lowest BCUT2D eigenvalue weighted by Crippen LogP contribution is -2.27. The molecule has 0 aliphatic carbocycles. The summed E-state index contributed by atoms with van der Waals surface area (Å²) in [5.74, 6) is 0.0384. The van der Waals surface area contributed by atoms with Crippen molar-refractivity contribution in [2.24, 2.45) is 12.0 Å². The molecule has 1 aromatic carbocycles. The highest BCUT2D eigenvalue weighted by molar-refractivity contribution is 7.11. The van der Waals surface area contributed by atoms with Crippen LogP contribution in [0, 0.1) is 6.92 Å². The van der Waals surface area contributed by atoms with Gasteiger partial charge in [-0.1, -0.05) is 11.3 Å². The standard InChI is InChI=1S/C18H23N3O3S/c1-11-15(12(2)22)25-16(21(11)6)19-13-7-9-14(10-8-13)20-17(23)24-18(3,4)5/h7-10H,1-6H3,(H,20,23). The van der Waals surface area contributed by atoms with E-state index in [1.807, 2.05) is 39.3 Å². The summed E-state index contributed by atoms with van der Waals surface area (Å²) in [7, 11) is 1.88. The number of benzene rings is 1. The van der Waals surface area contributed by atoms with E-state index in [2.05, 4.69) is 10.3 Å². The normalized spacial score (nSPS) is 12.2. The van der Waals surface area contributed by atoms with E-state index in [-0.39, 0.29) is 5.78 Å². The lowest BCUT2D eigenvalue weighted by Gasteiger charge is -2.19. The van der Waals surface area contributed by atoms with Crippen LogP contribution in [0.3, 0.4) is 0 Å². The summed E-state index contributed by atoms with van der Waals surface area (Å²) in [6, 6.07) is 7.12. The molecule has 25 heavy (non-hydrogen) atoms. The first-order valence-electron chi connectivity index (χ1n) is 7.89. The molecule has 1 heterocycles. The van der Waals surface area contributed by atoms with Gasteiger partial charge in [0.1, 0.15) is 5.60 Å². The lowest BCUT2D eigenvalue weighted by molar-refractivity contribution is 0.0635. The number of Topliss-reactive ketones (excluding diaryl/α,β-unsaturated/α-hetero) is 1. The van der Waals surface area contributed by atoms with Crippen LogP contribution in [0.15, 0.2) is 29.3 Å². The Balaban J connectivity index is 2.20. The second kappa shape index (κ2) is 7.23. The highest BCUT2D eigenvalue weighted by atomic mass is 32.1. The smallest absolute Gasteiger partial charge is 0.412 e. The van der Waals surface area contributed by atoms with Crippen LogP contribution in [-0.2, 0) is 11.8 Å². The molecule has 0 fully saturated rings. The van der Waals surface area contributed by atoms with E-state index in [1.165, 1.54) is 11.3 Å². The minimum atomic E-state index is -0.542. The van der Waals surface area contributed by atoms with E-state index in [1.54, 1.807) is 31.2 Å². The van der Waals surface area contributed by atoms with Gasteiger partial charge < -0.3 is 9.30 Å². The van der Waals surface area contributed by atoms with Crippen molar-refractivity contribution in [3.63, 3.8) is 0 Å². The molecule has 1 aromatic heterocycles. The number of thiazole rings is 1. The summed E-state index contributed by atoms with van der Waals surface area (Å²) in [4.78, 5) is 29.4. The van der Waals surface area contributed by atoms with Crippen molar-refractivity contribution < 1.29 is 14.3 Å². The number of nitrogens with one attached hydrogen (secondary N) is 1. The molecule has 0 radical (unpaired) electrons. The number of hydrogen-bond donors (Lipinski definition) is 1. The summed E-state index contributed by atoms with van der Waals surface area (Å²) < 4.78 is 7.11. The number of carbonyl (C=O) groups excluding carboxylic acids is 2. The maximum absolute atomic E-state index is 11.8. The number of aromatic nitrogens is 1. The zero-order chi connectivity index (χ0) is 18.8. The molecule has 0 atom stereocenters. The van der Waals surface area contributed by atoms with Crippen molar-refractivity contribution in [2.75, 3.05) is 5.32 Å². The Morgan fingerprint density at radius 3 is 2.28 bits per heavy atom. The molecule has 0 unspecified atom stereocenters. The van der Waals surface area contributed by atoms with Crippen LogP contribution in [0.5, 0.6) is 0 Å². The second-order valence-electron chi connectivity index (χ2n) is 6.70. The van der Waals surface area contributed by atoms with Gasteiger partial charge in [-0.25, -0.2) is 9.79 Å². The fourth-order valence-corrected chi connectivity index (χ4v) is 3.14. The Bertz CT molecular complexity index is 855. The molecule has 0 saturated carbocycles. The topological polar surface area (TPSA) is 72.7 Å². The Kier molecular flexibility index (Phi) is 5.47. The summed E-state index contributed by atoms with van der Waals surface area (Å²) in [6.07, 6.45) is -0.497. The molecule has 0 saturated heterocycles. The lowest BCUT2D eigenvalue weighted by atomic mass is 10.2. The summed E-state index contributed by atoms with van der Waals surface area (Å²) in [5, 5.41) is 2.68. The molecule has 2 rings (SSSR count). The fraction of sp³-hybridized carbons (Fsp3) is 0.389. The van der Waals surface area contributed by atoms with Gasteiger partial charge in [0.25, 0.3) is 0 Å². The molecule has 1 N–H and O–H groups in total. The average molecular weight is 361 g/mol. The number of carbonyl (C=O) groups is 2. The third-order valence-corrected chi connectivity index (χ3v) is 4.70.